The van der Waals surface area contributed by atoms with Gasteiger partial charge in [0.25, 0.3) is 0 Å². The van der Waals surface area contributed by atoms with Crippen molar-refractivity contribution >= 4 is 17.2 Å². The van der Waals surface area contributed by atoms with Crippen LogP contribution < -0.4 is 0 Å². The van der Waals surface area contributed by atoms with E-state index in [-0.39, 0.29) is 5.75 Å². The van der Waals surface area contributed by atoms with E-state index >= 15 is 0 Å². The van der Waals surface area contributed by atoms with Crippen molar-refractivity contribution in [2.75, 3.05) is 0 Å². The molecule has 3 nitrogen and oxygen atoms in total. The van der Waals surface area contributed by atoms with Crippen molar-refractivity contribution in [3.8, 4) is 22.7 Å². The Morgan fingerprint density at radius 3 is 2.28 bits per heavy atom. The first kappa shape index (κ1) is 15.1. The molecule has 0 bridgehead atoms. The molecule has 0 spiro atoms. The second-order valence-electron chi connectivity index (χ2n) is 5.73. The number of halogens is 1. The van der Waals surface area contributed by atoms with Crippen LogP contribution in [0.3, 0.4) is 0 Å². The van der Waals surface area contributed by atoms with Crippen LogP contribution in [-0.2, 0) is 0 Å². The number of aldehydes is 1. The lowest BCUT2D eigenvalue weighted by molar-refractivity contribution is 0.112. The molecule has 4 heteroatoms. The van der Waals surface area contributed by atoms with Gasteiger partial charge in [-0.25, -0.2) is 4.39 Å². The molecule has 0 aliphatic heterocycles. The molecule has 0 atom stereocenters. The fourth-order valence-electron chi connectivity index (χ4n) is 3.19. The molecule has 4 aromatic rings. The number of rotatable bonds is 3. The zero-order chi connectivity index (χ0) is 17.4. The van der Waals surface area contributed by atoms with Gasteiger partial charge in [-0.05, 0) is 42.0 Å². The van der Waals surface area contributed by atoms with E-state index in [0.29, 0.717) is 28.4 Å². The second-order valence-corrected chi connectivity index (χ2v) is 5.73. The first-order valence-electron chi connectivity index (χ1n) is 7.83. The number of benzene rings is 3. The van der Waals surface area contributed by atoms with E-state index in [1.807, 2.05) is 34.9 Å². The highest BCUT2D eigenvalue weighted by molar-refractivity contribution is 6.06. The zero-order valence-electron chi connectivity index (χ0n) is 13.2. The molecule has 1 heterocycles. The van der Waals surface area contributed by atoms with Crippen molar-refractivity contribution in [2.45, 2.75) is 0 Å². The van der Waals surface area contributed by atoms with Gasteiger partial charge in [0.05, 0.1) is 16.8 Å². The molecule has 122 valence electrons. The SMILES string of the molecule is O=Cc1c(-c2ccccc2)n(-c2ccc(O)cc2)c2cccc(F)c12. The molecule has 0 amide bonds. The largest absolute Gasteiger partial charge is 0.508 e. The number of aromatic hydroxyl groups is 1. The highest BCUT2D eigenvalue weighted by Gasteiger charge is 2.21. The monoisotopic (exact) mass is 331 g/mol. The standard InChI is InChI=1S/C21H14FNO2/c22-18-7-4-8-19-20(18)17(13-24)21(14-5-2-1-3-6-14)23(19)15-9-11-16(25)12-10-15/h1-13,25H. The minimum Gasteiger partial charge on any atom is -0.508 e. The average Bonchev–Trinajstić information content (AvgIpc) is 2.99. The van der Waals surface area contributed by atoms with E-state index < -0.39 is 5.82 Å². The summed E-state index contributed by atoms with van der Waals surface area (Å²) < 4.78 is 16.4. The molecule has 3 aromatic carbocycles. The van der Waals surface area contributed by atoms with Crippen molar-refractivity contribution < 1.29 is 14.3 Å². The van der Waals surface area contributed by atoms with Crippen molar-refractivity contribution in [1.29, 1.82) is 0 Å². The predicted molar refractivity (Wildman–Crippen MR) is 95.7 cm³/mol. The highest BCUT2D eigenvalue weighted by Crippen LogP contribution is 2.36. The smallest absolute Gasteiger partial charge is 0.152 e. The van der Waals surface area contributed by atoms with E-state index in [2.05, 4.69) is 0 Å². The minimum atomic E-state index is -0.436. The molecular weight excluding hydrogens is 317 g/mol. The number of phenolic OH excluding ortho intramolecular Hbond substituents is 1. The fraction of sp³-hybridized carbons (Fsp3) is 0. The molecule has 0 aliphatic rings. The first-order chi connectivity index (χ1) is 12.2. The van der Waals surface area contributed by atoms with Crippen LogP contribution in [0.25, 0.3) is 27.8 Å². The predicted octanol–water partition coefficient (Wildman–Crippen LogP) is 4.95. The Kier molecular flexibility index (Phi) is 3.58. The summed E-state index contributed by atoms with van der Waals surface area (Å²) in [6, 6.07) is 20.8. The number of aromatic nitrogens is 1. The van der Waals surface area contributed by atoms with Crippen LogP contribution in [0.1, 0.15) is 10.4 Å². The van der Waals surface area contributed by atoms with Gasteiger partial charge in [0.15, 0.2) is 6.29 Å². The average molecular weight is 331 g/mol. The Hall–Kier alpha value is -3.40. The molecule has 0 saturated heterocycles. The zero-order valence-corrected chi connectivity index (χ0v) is 13.2. The number of carbonyl (C=O) groups excluding carboxylic acids is 1. The maximum atomic E-state index is 14.5. The molecule has 0 fully saturated rings. The van der Waals surface area contributed by atoms with Crippen LogP contribution in [-0.4, -0.2) is 16.0 Å². The van der Waals surface area contributed by atoms with Crippen molar-refractivity contribution in [3.63, 3.8) is 0 Å². The Morgan fingerprint density at radius 1 is 0.880 bits per heavy atom. The first-order valence-corrected chi connectivity index (χ1v) is 7.83. The summed E-state index contributed by atoms with van der Waals surface area (Å²) in [6.07, 6.45) is 0.699. The van der Waals surface area contributed by atoms with Crippen LogP contribution in [0.4, 0.5) is 4.39 Å². The summed E-state index contributed by atoms with van der Waals surface area (Å²) >= 11 is 0. The quantitative estimate of drug-likeness (QED) is 0.539. The third kappa shape index (κ3) is 2.39. The van der Waals surface area contributed by atoms with Crippen LogP contribution in [0, 0.1) is 5.82 Å². The van der Waals surface area contributed by atoms with Crippen LogP contribution in [0.5, 0.6) is 5.75 Å². The van der Waals surface area contributed by atoms with Gasteiger partial charge in [-0.1, -0.05) is 36.4 Å². The molecule has 0 unspecified atom stereocenters. The Morgan fingerprint density at radius 2 is 1.60 bits per heavy atom. The lowest BCUT2D eigenvalue weighted by Crippen LogP contribution is -1.97. The third-order valence-electron chi connectivity index (χ3n) is 4.25. The van der Waals surface area contributed by atoms with Gasteiger partial charge in [-0.2, -0.15) is 0 Å². The number of nitrogens with zero attached hydrogens (tertiary/aromatic N) is 1. The van der Waals surface area contributed by atoms with Gasteiger partial charge in [-0.15, -0.1) is 0 Å². The van der Waals surface area contributed by atoms with Gasteiger partial charge in [-0.3, -0.25) is 4.79 Å². The van der Waals surface area contributed by atoms with E-state index in [9.17, 15) is 14.3 Å². The van der Waals surface area contributed by atoms with Crippen LogP contribution in [0.2, 0.25) is 0 Å². The summed E-state index contributed by atoms with van der Waals surface area (Å²) in [5, 5.41) is 9.87. The number of hydrogen-bond donors (Lipinski definition) is 1. The van der Waals surface area contributed by atoms with E-state index in [4.69, 9.17) is 0 Å². The number of hydrogen-bond acceptors (Lipinski definition) is 2. The number of carbonyl (C=O) groups is 1. The van der Waals surface area contributed by atoms with E-state index in [1.165, 1.54) is 6.07 Å². The van der Waals surface area contributed by atoms with E-state index in [0.717, 1.165) is 11.3 Å². The summed E-state index contributed by atoms with van der Waals surface area (Å²) in [5.41, 5.74) is 3.09. The molecule has 0 aliphatic carbocycles. The molecule has 0 radical (unpaired) electrons. The van der Waals surface area contributed by atoms with Gasteiger partial charge >= 0.3 is 0 Å². The van der Waals surface area contributed by atoms with Crippen molar-refractivity contribution in [2.24, 2.45) is 0 Å². The highest BCUT2D eigenvalue weighted by atomic mass is 19.1. The summed E-state index contributed by atoms with van der Waals surface area (Å²) in [6.45, 7) is 0. The maximum Gasteiger partial charge on any atom is 0.152 e. The molecule has 0 saturated carbocycles. The van der Waals surface area contributed by atoms with Crippen molar-refractivity contribution in [3.05, 3.63) is 84.2 Å². The lowest BCUT2D eigenvalue weighted by Gasteiger charge is -2.12. The van der Waals surface area contributed by atoms with Gasteiger partial charge < -0.3 is 9.67 Å². The van der Waals surface area contributed by atoms with E-state index in [1.54, 1.807) is 36.4 Å². The normalized spacial score (nSPS) is 10.9. The molecule has 4 rings (SSSR count). The lowest BCUT2D eigenvalue weighted by atomic mass is 10.1. The van der Waals surface area contributed by atoms with Gasteiger partial charge in [0.2, 0.25) is 0 Å². The minimum absolute atomic E-state index is 0.142. The van der Waals surface area contributed by atoms with Gasteiger partial charge in [0, 0.05) is 11.1 Å². The Balaban J connectivity index is 2.18. The fourth-order valence-corrected chi connectivity index (χ4v) is 3.19. The second kappa shape index (κ2) is 5.91. The van der Waals surface area contributed by atoms with Crippen molar-refractivity contribution in [1.82, 2.24) is 4.57 Å². The third-order valence-corrected chi connectivity index (χ3v) is 4.25. The summed E-state index contributed by atoms with van der Waals surface area (Å²) in [4.78, 5) is 11.8. The molecule has 1 aromatic heterocycles. The molecule has 25 heavy (non-hydrogen) atoms. The Labute approximate surface area is 143 Å². The van der Waals surface area contributed by atoms with Crippen LogP contribution >= 0.6 is 0 Å². The molecule has 1 N–H and O–H groups in total. The topological polar surface area (TPSA) is 42.2 Å². The Bertz CT molecular complexity index is 1070. The summed E-state index contributed by atoms with van der Waals surface area (Å²) in [7, 11) is 0. The van der Waals surface area contributed by atoms with Crippen LogP contribution in [0.15, 0.2) is 72.8 Å². The van der Waals surface area contributed by atoms with Gasteiger partial charge in [0.1, 0.15) is 11.6 Å². The number of fused-ring (bicyclic) bond motifs is 1. The number of phenols is 1. The molecular formula is C21H14FNO2. The maximum absolute atomic E-state index is 14.5. The summed E-state index contributed by atoms with van der Waals surface area (Å²) in [5.74, 6) is -0.294.